The average Bonchev–Trinajstić information content (AvgIpc) is 3.34. The molecule has 0 spiro atoms. The lowest BCUT2D eigenvalue weighted by atomic mass is 10.0. The predicted molar refractivity (Wildman–Crippen MR) is 121 cm³/mol. The molecule has 0 bridgehead atoms. The molecule has 1 fully saturated rings. The van der Waals surface area contributed by atoms with Gasteiger partial charge in [-0.15, -0.1) is 0 Å². The van der Waals surface area contributed by atoms with Crippen molar-refractivity contribution in [1.82, 2.24) is 10.2 Å². The van der Waals surface area contributed by atoms with Crippen molar-refractivity contribution in [3.05, 3.63) is 84.3 Å². The van der Waals surface area contributed by atoms with E-state index in [0.717, 1.165) is 32.5 Å². The van der Waals surface area contributed by atoms with E-state index in [1.54, 1.807) is 36.4 Å². The molecule has 166 valence electrons. The van der Waals surface area contributed by atoms with Gasteiger partial charge in [0.2, 0.25) is 0 Å². The highest BCUT2D eigenvalue weighted by Gasteiger charge is 2.21. The van der Waals surface area contributed by atoms with Crippen molar-refractivity contribution >= 4 is 17.5 Å². The highest BCUT2D eigenvalue weighted by atomic mass is 16.5. The Morgan fingerprint density at radius 3 is 2.75 bits per heavy atom. The number of likely N-dealkylation sites (tertiary alicyclic amines) is 1. The lowest BCUT2D eigenvalue weighted by molar-refractivity contribution is -0.124. The lowest BCUT2D eigenvalue weighted by Crippen LogP contribution is -2.48. The summed E-state index contributed by atoms with van der Waals surface area (Å²) >= 11 is 0. The van der Waals surface area contributed by atoms with E-state index in [1.165, 1.54) is 11.8 Å². The van der Waals surface area contributed by atoms with Crippen LogP contribution < -0.4 is 15.4 Å². The maximum atomic E-state index is 12.4. The number of hydrogen-bond donors (Lipinski definition) is 2. The standard InChI is InChI=1S/C25H27N3O4/c29-24(26-21-10-5-13-28(17-21)16-19-7-2-1-3-8-19)18-32-22-11-4-9-20(15-22)27-25(30)23-12-6-14-31-23/h1-4,6-9,11-12,14-15,21H,5,10,13,16-18H2,(H,26,29)(H,27,30). The van der Waals surface area contributed by atoms with Crippen LogP contribution in [0.1, 0.15) is 29.0 Å². The molecule has 2 aromatic carbocycles. The van der Waals surface area contributed by atoms with Crippen LogP contribution in [-0.4, -0.2) is 42.5 Å². The van der Waals surface area contributed by atoms with Gasteiger partial charge in [-0.3, -0.25) is 14.5 Å². The molecule has 1 saturated heterocycles. The third-order valence-corrected chi connectivity index (χ3v) is 5.33. The van der Waals surface area contributed by atoms with Crippen LogP contribution in [0, 0.1) is 0 Å². The van der Waals surface area contributed by atoms with Gasteiger partial charge in [-0.2, -0.15) is 0 Å². The number of amides is 2. The molecule has 1 aliphatic rings. The van der Waals surface area contributed by atoms with Gasteiger partial charge in [-0.05, 0) is 49.2 Å². The Kier molecular flexibility index (Phi) is 7.19. The third kappa shape index (κ3) is 6.21. The molecular weight excluding hydrogens is 406 g/mol. The van der Waals surface area contributed by atoms with Gasteiger partial charge >= 0.3 is 0 Å². The number of benzene rings is 2. The number of rotatable bonds is 8. The molecular formula is C25H27N3O4. The highest BCUT2D eigenvalue weighted by molar-refractivity contribution is 6.02. The summed E-state index contributed by atoms with van der Waals surface area (Å²) in [6.45, 7) is 2.67. The van der Waals surface area contributed by atoms with Crippen LogP contribution in [0.25, 0.3) is 0 Å². The largest absolute Gasteiger partial charge is 0.484 e. The summed E-state index contributed by atoms with van der Waals surface area (Å²) in [6.07, 6.45) is 3.46. The van der Waals surface area contributed by atoms with Crippen LogP contribution >= 0.6 is 0 Å². The van der Waals surface area contributed by atoms with Gasteiger partial charge in [-0.1, -0.05) is 36.4 Å². The number of nitrogens with zero attached hydrogens (tertiary/aromatic N) is 1. The van der Waals surface area contributed by atoms with Gasteiger partial charge in [-0.25, -0.2) is 0 Å². The number of anilines is 1. The predicted octanol–water partition coefficient (Wildman–Crippen LogP) is 3.69. The molecule has 1 unspecified atom stereocenters. The highest BCUT2D eigenvalue weighted by Crippen LogP contribution is 2.18. The topological polar surface area (TPSA) is 83.8 Å². The molecule has 1 aliphatic heterocycles. The first kappa shape index (κ1) is 21.6. The van der Waals surface area contributed by atoms with Gasteiger partial charge in [0.05, 0.1) is 6.26 Å². The van der Waals surface area contributed by atoms with Gasteiger partial charge in [0, 0.05) is 30.9 Å². The average molecular weight is 434 g/mol. The fraction of sp³-hybridized carbons (Fsp3) is 0.280. The first-order valence-electron chi connectivity index (χ1n) is 10.8. The first-order valence-corrected chi connectivity index (χ1v) is 10.8. The van der Waals surface area contributed by atoms with E-state index in [0.29, 0.717) is 11.4 Å². The third-order valence-electron chi connectivity index (χ3n) is 5.33. The zero-order chi connectivity index (χ0) is 22.2. The van der Waals surface area contributed by atoms with Crippen molar-refractivity contribution < 1.29 is 18.7 Å². The van der Waals surface area contributed by atoms with E-state index in [2.05, 4.69) is 27.7 Å². The SMILES string of the molecule is O=C(COc1cccc(NC(=O)c2ccco2)c1)NC1CCCN(Cc2ccccc2)C1. The molecule has 0 radical (unpaired) electrons. The van der Waals surface area contributed by atoms with Gasteiger partial charge < -0.3 is 19.8 Å². The summed E-state index contributed by atoms with van der Waals surface area (Å²) in [7, 11) is 0. The van der Waals surface area contributed by atoms with Gasteiger partial charge in [0.1, 0.15) is 5.75 Å². The molecule has 7 heteroatoms. The lowest BCUT2D eigenvalue weighted by Gasteiger charge is -2.33. The van der Waals surface area contributed by atoms with Crippen molar-refractivity contribution in [3.63, 3.8) is 0 Å². The minimum atomic E-state index is -0.345. The molecule has 32 heavy (non-hydrogen) atoms. The van der Waals surface area contributed by atoms with E-state index >= 15 is 0 Å². The fourth-order valence-electron chi connectivity index (χ4n) is 3.84. The molecule has 0 aliphatic carbocycles. The van der Waals surface area contributed by atoms with E-state index in [1.807, 2.05) is 18.2 Å². The Labute approximate surface area is 187 Å². The maximum absolute atomic E-state index is 12.4. The van der Waals surface area contributed by atoms with Crippen LogP contribution in [0.3, 0.4) is 0 Å². The molecule has 7 nitrogen and oxygen atoms in total. The number of carbonyl (C=O) groups is 2. The summed E-state index contributed by atoms with van der Waals surface area (Å²) < 4.78 is 10.7. The summed E-state index contributed by atoms with van der Waals surface area (Å²) in [6, 6.07) is 20.7. The number of hydrogen-bond acceptors (Lipinski definition) is 5. The Bertz CT molecular complexity index is 1020. The van der Waals surface area contributed by atoms with Crippen molar-refractivity contribution in [2.75, 3.05) is 25.0 Å². The second-order valence-electron chi connectivity index (χ2n) is 7.88. The van der Waals surface area contributed by atoms with Crippen LogP contribution in [-0.2, 0) is 11.3 Å². The van der Waals surface area contributed by atoms with Gasteiger partial charge in [0.15, 0.2) is 12.4 Å². The van der Waals surface area contributed by atoms with Crippen LogP contribution in [0.2, 0.25) is 0 Å². The summed E-state index contributed by atoms with van der Waals surface area (Å²) in [5.74, 6) is 0.236. The van der Waals surface area contributed by atoms with Crippen molar-refractivity contribution in [1.29, 1.82) is 0 Å². The van der Waals surface area contributed by atoms with Crippen LogP contribution in [0.15, 0.2) is 77.4 Å². The first-order chi connectivity index (χ1) is 15.7. The minimum absolute atomic E-state index is 0.0786. The minimum Gasteiger partial charge on any atom is -0.484 e. The molecule has 2 heterocycles. The second-order valence-corrected chi connectivity index (χ2v) is 7.88. The Morgan fingerprint density at radius 2 is 1.94 bits per heavy atom. The summed E-state index contributed by atoms with van der Waals surface area (Å²) in [4.78, 5) is 26.9. The van der Waals surface area contributed by atoms with Crippen LogP contribution in [0.4, 0.5) is 5.69 Å². The van der Waals surface area contributed by atoms with E-state index in [4.69, 9.17) is 9.15 Å². The number of ether oxygens (including phenoxy) is 1. The number of piperidine rings is 1. The molecule has 1 atom stereocenters. The molecule has 1 aromatic heterocycles. The van der Waals surface area contributed by atoms with Crippen molar-refractivity contribution in [3.8, 4) is 5.75 Å². The van der Waals surface area contributed by atoms with E-state index in [-0.39, 0.29) is 30.2 Å². The van der Waals surface area contributed by atoms with Crippen LogP contribution in [0.5, 0.6) is 5.75 Å². The van der Waals surface area contributed by atoms with E-state index in [9.17, 15) is 9.59 Å². The Morgan fingerprint density at radius 1 is 1.06 bits per heavy atom. The molecule has 2 N–H and O–H groups in total. The number of nitrogens with one attached hydrogen (secondary N) is 2. The number of furan rings is 1. The Hall–Kier alpha value is -3.58. The smallest absolute Gasteiger partial charge is 0.291 e. The summed E-state index contributed by atoms with van der Waals surface area (Å²) in [5, 5.41) is 5.83. The quantitative estimate of drug-likeness (QED) is 0.566. The zero-order valence-corrected chi connectivity index (χ0v) is 17.8. The zero-order valence-electron chi connectivity index (χ0n) is 17.8. The fourth-order valence-corrected chi connectivity index (χ4v) is 3.84. The molecule has 3 aromatic rings. The second kappa shape index (κ2) is 10.6. The maximum Gasteiger partial charge on any atom is 0.291 e. The van der Waals surface area contributed by atoms with Crippen molar-refractivity contribution in [2.45, 2.75) is 25.4 Å². The molecule has 2 amide bonds. The molecule has 0 saturated carbocycles. The Balaban J connectivity index is 1.23. The number of carbonyl (C=O) groups excluding carboxylic acids is 2. The monoisotopic (exact) mass is 433 g/mol. The van der Waals surface area contributed by atoms with Gasteiger partial charge in [0.25, 0.3) is 11.8 Å². The normalized spacial score (nSPS) is 16.3. The van der Waals surface area contributed by atoms with E-state index < -0.39 is 0 Å². The van der Waals surface area contributed by atoms with Crippen molar-refractivity contribution in [2.24, 2.45) is 0 Å². The summed E-state index contributed by atoms with van der Waals surface area (Å²) in [5.41, 5.74) is 1.84. The molecule has 4 rings (SSSR count).